The Balaban J connectivity index is 3.32. The standard InChI is InChI=1S/C11H16BrN/c1-7-6-8(2)10(12)13-9(7)11(3,4)5/h6H,1-5H3. The van der Waals surface area contributed by atoms with Crippen LogP contribution in [0.15, 0.2) is 10.7 Å². The molecule has 13 heavy (non-hydrogen) atoms. The molecule has 0 bridgehead atoms. The van der Waals surface area contributed by atoms with Gasteiger partial charge < -0.3 is 0 Å². The normalized spacial score (nSPS) is 11.8. The van der Waals surface area contributed by atoms with Gasteiger partial charge >= 0.3 is 0 Å². The van der Waals surface area contributed by atoms with Crippen molar-refractivity contribution in [1.82, 2.24) is 4.98 Å². The van der Waals surface area contributed by atoms with Crippen molar-refractivity contribution in [3.05, 3.63) is 27.5 Å². The molecule has 0 amide bonds. The summed E-state index contributed by atoms with van der Waals surface area (Å²) in [6.45, 7) is 10.7. The molecule has 0 aliphatic carbocycles. The van der Waals surface area contributed by atoms with Crippen LogP contribution in [-0.2, 0) is 5.41 Å². The summed E-state index contributed by atoms with van der Waals surface area (Å²) in [6, 6.07) is 2.18. The van der Waals surface area contributed by atoms with Crippen molar-refractivity contribution in [1.29, 1.82) is 0 Å². The average molecular weight is 242 g/mol. The van der Waals surface area contributed by atoms with Gasteiger partial charge in [0.1, 0.15) is 4.60 Å². The van der Waals surface area contributed by atoms with Crippen molar-refractivity contribution in [3.63, 3.8) is 0 Å². The lowest BCUT2D eigenvalue weighted by molar-refractivity contribution is 0.562. The second-order valence-electron chi connectivity index (χ2n) is 4.51. The molecule has 1 aromatic rings. The molecule has 0 atom stereocenters. The zero-order valence-corrected chi connectivity index (χ0v) is 10.5. The SMILES string of the molecule is Cc1cc(C)c(C(C)(C)C)nc1Br. The van der Waals surface area contributed by atoms with Gasteiger partial charge in [-0.05, 0) is 40.9 Å². The molecule has 1 heterocycles. The smallest absolute Gasteiger partial charge is 0.109 e. The molecule has 0 saturated carbocycles. The minimum absolute atomic E-state index is 0.125. The minimum atomic E-state index is 0.125. The van der Waals surface area contributed by atoms with Gasteiger partial charge in [-0.15, -0.1) is 0 Å². The number of pyridine rings is 1. The zero-order valence-electron chi connectivity index (χ0n) is 8.90. The van der Waals surface area contributed by atoms with Gasteiger partial charge in [-0.3, -0.25) is 0 Å². The van der Waals surface area contributed by atoms with E-state index in [1.54, 1.807) is 0 Å². The van der Waals surface area contributed by atoms with E-state index in [1.807, 2.05) is 0 Å². The summed E-state index contributed by atoms with van der Waals surface area (Å²) in [6.07, 6.45) is 0. The lowest BCUT2D eigenvalue weighted by Crippen LogP contribution is -2.16. The van der Waals surface area contributed by atoms with Crippen molar-refractivity contribution in [3.8, 4) is 0 Å². The summed E-state index contributed by atoms with van der Waals surface area (Å²) in [7, 11) is 0. The lowest BCUT2D eigenvalue weighted by atomic mass is 9.88. The van der Waals surface area contributed by atoms with Gasteiger partial charge in [-0.25, -0.2) is 4.98 Å². The highest BCUT2D eigenvalue weighted by Crippen LogP contribution is 2.26. The first kappa shape index (κ1) is 10.7. The number of nitrogens with zero attached hydrogens (tertiary/aromatic N) is 1. The second-order valence-corrected chi connectivity index (χ2v) is 5.26. The third-order valence-corrected chi connectivity index (χ3v) is 2.86. The van der Waals surface area contributed by atoms with E-state index in [-0.39, 0.29) is 5.41 Å². The fraction of sp³-hybridized carbons (Fsp3) is 0.545. The van der Waals surface area contributed by atoms with Crippen LogP contribution in [0.4, 0.5) is 0 Å². The number of rotatable bonds is 0. The van der Waals surface area contributed by atoms with Crippen molar-refractivity contribution in [2.45, 2.75) is 40.0 Å². The molecule has 72 valence electrons. The topological polar surface area (TPSA) is 12.9 Å². The first-order chi connectivity index (χ1) is 5.82. The maximum Gasteiger partial charge on any atom is 0.109 e. The van der Waals surface area contributed by atoms with Crippen LogP contribution in [-0.4, -0.2) is 4.98 Å². The van der Waals surface area contributed by atoms with E-state index in [4.69, 9.17) is 0 Å². The molecule has 1 nitrogen and oxygen atoms in total. The van der Waals surface area contributed by atoms with Crippen LogP contribution in [0.25, 0.3) is 0 Å². The molecule has 0 N–H and O–H groups in total. The maximum absolute atomic E-state index is 4.56. The van der Waals surface area contributed by atoms with Gasteiger partial charge in [0, 0.05) is 11.1 Å². The monoisotopic (exact) mass is 241 g/mol. The van der Waals surface area contributed by atoms with Crippen molar-refractivity contribution in [2.75, 3.05) is 0 Å². The Morgan fingerprint density at radius 3 is 2.15 bits per heavy atom. The molecular weight excluding hydrogens is 226 g/mol. The van der Waals surface area contributed by atoms with Gasteiger partial charge in [-0.1, -0.05) is 26.8 Å². The minimum Gasteiger partial charge on any atom is -0.245 e. The third-order valence-electron chi connectivity index (χ3n) is 2.05. The van der Waals surface area contributed by atoms with E-state index >= 15 is 0 Å². The Hall–Kier alpha value is -0.370. The Bertz CT molecular complexity index is 324. The first-order valence-electron chi connectivity index (χ1n) is 4.46. The molecule has 0 aromatic carbocycles. The predicted octanol–water partition coefficient (Wildman–Crippen LogP) is 3.76. The summed E-state index contributed by atoms with van der Waals surface area (Å²) in [5.74, 6) is 0. The molecule has 0 aliphatic rings. The molecule has 1 aromatic heterocycles. The van der Waals surface area contributed by atoms with E-state index < -0.39 is 0 Å². The van der Waals surface area contributed by atoms with Crippen molar-refractivity contribution in [2.24, 2.45) is 0 Å². The highest BCUT2D eigenvalue weighted by molar-refractivity contribution is 9.10. The molecule has 2 heteroatoms. The fourth-order valence-corrected chi connectivity index (χ4v) is 1.78. The van der Waals surface area contributed by atoms with Crippen LogP contribution in [0, 0.1) is 13.8 Å². The van der Waals surface area contributed by atoms with E-state index in [0.29, 0.717) is 0 Å². The van der Waals surface area contributed by atoms with Gasteiger partial charge in [-0.2, -0.15) is 0 Å². The van der Waals surface area contributed by atoms with E-state index in [9.17, 15) is 0 Å². The molecular formula is C11H16BrN. The number of aromatic nitrogens is 1. The predicted molar refractivity (Wildman–Crippen MR) is 60.1 cm³/mol. The van der Waals surface area contributed by atoms with E-state index in [2.05, 4.69) is 61.6 Å². The van der Waals surface area contributed by atoms with E-state index in [0.717, 1.165) is 4.60 Å². The highest BCUT2D eigenvalue weighted by atomic mass is 79.9. The van der Waals surface area contributed by atoms with Crippen molar-refractivity contribution < 1.29 is 0 Å². The van der Waals surface area contributed by atoms with Crippen LogP contribution in [0.3, 0.4) is 0 Å². The second kappa shape index (κ2) is 3.41. The van der Waals surface area contributed by atoms with Gasteiger partial charge in [0.25, 0.3) is 0 Å². The molecule has 0 spiro atoms. The molecule has 1 rings (SSSR count). The number of hydrogen-bond donors (Lipinski definition) is 0. The zero-order chi connectivity index (χ0) is 10.2. The number of aryl methyl sites for hydroxylation is 2. The van der Waals surface area contributed by atoms with Crippen LogP contribution in [0.2, 0.25) is 0 Å². The van der Waals surface area contributed by atoms with Gasteiger partial charge in [0.05, 0.1) is 0 Å². The fourth-order valence-electron chi connectivity index (χ4n) is 1.49. The van der Waals surface area contributed by atoms with Crippen LogP contribution >= 0.6 is 15.9 Å². The summed E-state index contributed by atoms with van der Waals surface area (Å²) in [5, 5.41) is 0. The quantitative estimate of drug-likeness (QED) is 0.631. The Kier molecular flexibility index (Phi) is 2.81. The Morgan fingerprint density at radius 1 is 1.15 bits per heavy atom. The maximum atomic E-state index is 4.56. The molecule has 0 unspecified atom stereocenters. The number of halogens is 1. The summed E-state index contributed by atoms with van der Waals surface area (Å²) in [4.78, 5) is 4.56. The van der Waals surface area contributed by atoms with Gasteiger partial charge in [0.2, 0.25) is 0 Å². The average Bonchev–Trinajstić information content (AvgIpc) is 1.94. The summed E-state index contributed by atoms with van der Waals surface area (Å²) < 4.78 is 0.961. The van der Waals surface area contributed by atoms with Crippen molar-refractivity contribution >= 4 is 15.9 Å². The number of hydrogen-bond acceptors (Lipinski definition) is 1. The Labute approximate surface area is 88.7 Å². The van der Waals surface area contributed by atoms with E-state index in [1.165, 1.54) is 16.8 Å². The van der Waals surface area contributed by atoms with Crippen LogP contribution in [0.5, 0.6) is 0 Å². The molecule has 0 saturated heterocycles. The van der Waals surface area contributed by atoms with Crippen LogP contribution in [0.1, 0.15) is 37.6 Å². The summed E-state index contributed by atoms with van der Waals surface area (Å²) in [5.41, 5.74) is 3.77. The first-order valence-corrected chi connectivity index (χ1v) is 5.26. The Morgan fingerprint density at radius 2 is 1.69 bits per heavy atom. The highest BCUT2D eigenvalue weighted by Gasteiger charge is 2.18. The summed E-state index contributed by atoms with van der Waals surface area (Å²) >= 11 is 3.46. The molecule has 0 aliphatic heterocycles. The van der Waals surface area contributed by atoms with Crippen LogP contribution < -0.4 is 0 Å². The largest absolute Gasteiger partial charge is 0.245 e. The van der Waals surface area contributed by atoms with Gasteiger partial charge in [0.15, 0.2) is 0 Å². The molecule has 0 radical (unpaired) electrons. The molecule has 0 fully saturated rings. The third kappa shape index (κ3) is 2.31. The lowest BCUT2D eigenvalue weighted by Gasteiger charge is -2.21.